The van der Waals surface area contributed by atoms with Crippen molar-refractivity contribution in [1.82, 2.24) is 4.90 Å². The normalized spacial score (nSPS) is 45.8. The summed E-state index contributed by atoms with van der Waals surface area (Å²) in [5.74, 6) is 2.94. The molecule has 2 heterocycles. The lowest BCUT2D eigenvalue weighted by Crippen LogP contribution is -2.53. The summed E-state index contributed by atoms with van der Waals surface area (Å²) in [5.41, 5.74) is 1.88. The van der Waals surface area contributed by atoms with Crippen LogP contribution in [0.5, 0.6) is 0 Å². The number of rotatable bonds is 0. The standard InChI is InChI=1S/C16H25N/c1-2-6-15-12(5-1)9-13-10-14(15)11-17-8-4-3-7-16(13)17/h9,13-16H,1-8,10-11H2/t13?,14?,15-,16-/m1/s1. The molecule has 3 fully saturated rings. The van der Waals surface area contributed by atoms with Crippen molar-refractivity contribution in [2.75, 3.05) is 13.1 Å². The summed E-state index contributed by atoms with van der Waals surface area (Å²) in [4.78, 5) is 2.85. The molecule has 0 N–H and O–H groups in total. The average Bonchev–Trinajstić information content (AvgIpc) is 2.39. The van der Waals surface area contributed by atoms with Crippen LogP contribution in [-0.2, 0) is 0 Å². The SMILES string of the molecule is C1=C2CCCC[C@H]2C2CC1[C@H]1CCCCN1C2. The van der Waals surface area contributed by atoms with E-state index in [9.17, 15) is 0 Å². The molecule has 17 heavy (non-hydrogen) atoms. The summed E-state index contributed by atoms with van der Waals surface area (Å²) in [6.45, 7) is 2.83. The summed E-state index contributed by atoms with van der Waals surface area (Å²) in [6, 6.07) is 0.926. The van der Waals surface area contributed by atoms with E-state index in [4.69, 9.17) is 0 Å². The molecule has 1 saturated carbocycles. The molecule has 1 heteroatoms. The average molecular weight is 231 g/mol. The Hall–Kier alpha value is -0.300. The molecule has 2 bridgehead atoms. The molecule has 4 aliphatic rings. The number of hydrogen-bond donors (Lipinski definition) is 0. The minimum absolute atomic E-state index is 0.926. The van der Waals surface area contributed by atoms with Gasteiger partial charge in [0.05, 0.1) is 0 Å². The Balaban J connectivity index is 1.64. The molecule has 0 aromatic rings. The van der Waals surface area contributed by atoms with Gasteiger partial charge in [0.25, 0.3) is 0 Å². The maximum Gasteiger partial charge on any atom is 0.0158 e. The minimum Gasteiger partial charge on any atom is -0.300 e. The summed E-state index contributed by atoms with van der Waals surface area (Å²) >= 11 is 0. The third kappa shape index (κ3) is 1.69. The van der Waals surface area contributed by atoms with E-state index in [2.05, 4.69) is 11.0 Å². The number of allylic oxidation sites excluding steroid dienone is 1. The van der Waals surface area contributed by atoms with E-state index in [1.807, 2.05) is 5.57 Å². The van der Waals surface area contributed by atoms with Gasteiger partial charge in [0.15, 0.2) is 0 Å². The highest BCUT2D eigenvalue weighted by molar-refractivity contribution is 5.20. The molecule has 0 radical (unpaired) electrons. The van der Waals surface area contributed by atoms with Gasteiger partial charge < -0.3 is 0 Å². The van der Waals surface area contributed by atoms with Gasteiger partial charge in [0.2, 0.25) is 0 Å². The molecule has 0 aromatic heterocycles. The van der Waals surface area contributed by atoms with Crippen molar-refractivity contribution in [1.29, 1.82) is 0 Å². The van der Waals surface area contributed by atoms with Gasteiger partial charge in [-0.2, -0.15) is 0 Å². The molecular formula is C16H25N. The summed E-state index contributed by atoms with van der Waals surface area (Å²) in [6.07, 6.45) is 14.6. The van der Waals surface area contributed by atoms with Gasteiger partial charge in [-0.25, -0.2) is 0 Å². The van der Waals surface area contributed by atoms with Crippen LogP contribution in [0.25, 0.3) is 0 Å². The van der Waals surface area contributed by atoms with Crippen molar-refractivity contribution in [3.63, 3.8) is 0 Å². The van der Waals surface area contributed by atoms with Crippen LogP contribution in [-0.4, -0.2) is 24.0 Å². The highest BCUT2D eigenvalue weighted by Gasteiger charge is 2.43. The fourth-order valence-electron chi connectivity index (χ4n) is 5.17. The van der Waals surface area contributed by atoms with Crippen LogP contribution in [0.3, 0.4) is 0 Å². The summed E-state index contributed by atoms with van der Waals surface area (Å²) in [7, 11) is 0. The fourth-order valence-corrected chi connectivity index (χ4v) is 5.17. The van der Waals surface area contributed by atoms with E-state index in [0.29, 0.717) is 0 Å². The number of hydrogen-bond acceptors (Lipinski definition) is 1. The molecule has 0 aromatic carbocycles. The zero-order valence-corrected chi connectivity index (χ0v) is 10.9. The second-order valence-corrected chi connectivity index (χ2v) is 6.81. The Morgan fingerprint density at radius 1 is 1.06 bits per heavy atom. The predicted molar refractivity (Wildman–Crippen MR) is 70.9 cm³/mol. The van der Waals surface area contributed by atoms with Gasteiger partial charge in [-0.15, -0.1) is 0 Å². The van der Waals surface area contributed by atoms with Crippen LogP contribution in [0.2, 0.25) is 0 Å². The van der Waals surface area contributed by atoms with Gasteiger partial charge in [-0.3, -0.25) is 4.90 Å². The molecule has 0 amide bonds. The first-order chi connectivity index (χ1) is 8.42. The maximum absolute atomic E-state index is 2.85. The molecule has 2 unspecified atom stereocenters. The highest BCUT2D eigenvalue weighted by Crippen LogP contribution is 2.48. The van der Waals surface area contributed by atoms with Crippen LogP contribution < -0.4 is 0 Å². The molecule has 2 aliphatic heterocycles. The molecule has 94 valence electrons. The van der Waals surface area contributed by atoms with E-state index in [-0.39, 0.29) is 0 Å². The Kier molecular flexibility index (Phi) is 2.57. The van der Waals surface area contributed by atoms with Crippen molar-refractivity contribution in [3.8, 4) is 0 Å². The molecule has 2 saturated heterocycles. The lowest BCUT2D eigenvalue weighted by Gasteiger charge is -2.52. The third-order valence-electron chi connectivity index (χ3n) is 5.91. The Bertz CT molecular complexity index is 332. The van der Waals surface area contributed by atoms with Gasteiger partial charge >= 0.3 is 0 Å². The van der Waals surface area contributed by atoms with E-state index in [1.54, 1.807) is 0 Å². The largest absolute Gasteiger partial charge is 0.300 e. The zero-order valence-electron chi connectivity index (χ0n) is 10.9. The lowest BCUT2D eigenvalue weighted by molar-refractivity contribution is 0.0176. The summed E-state index contributed by atoms with van der Waals surface area (Å²) in [5, 5.41) is 0. The van der Waals surface area contributed by atoms with Crippen LogP contribution in [0.15, 0.2) is 11.6 Å². The van der Waals surface area contributed by atoms with Crippen LogP contribution >= 0.6 is 0 Å². The first-order valence-electron chi connectivity index (χ1n) is 7.86. The van der Waals surface area contributed by atoms with Gasteiger partial charge in [-0.1, -0.05) is 24.5 Å². The van der Waals surface area contributed by atoms with E-state index < -0.39 is 0 Å². The predicted octanol–water partition coefficient (Wildman–Crippen LogP) is 3.61. The van der Waals surface area contributed by atoms with E-state index in [0.717, 1.165) is 23.8 Å². The molecule has 4 atom stereocenters. The third-order valence-corrected chi connectivity index (χ3v) is 5.91. The second-order valence-electron chi connectivity index (χ2n) is 6.81. The van der Waals surface area contributed by atoms with E-state index in [1.165, 1.54) is 64.5 Å². The zero-order chi connectivity index (χ0) is 11.2. The number of nitrogens with zero attached hydrogens (tertiary/aromatic N) is 1. The topological polar surface area (TPSA) is 3.24 Å². The van der Waals surface area contributed by atoms with Gasteiger partial charge in [0, 0.05) is 12.6 Å². The minimum atomic E-state index is 0.926. The quantitative estimate of drug-likeness (QED) is 0.576. The van der Waals surface area contributed by atoms with E-state index >= 15 is 0 Å². The van der Waals surface area contributed by atoms with Gasteiger partial charge in [-0.05, 0) is 62.8 Å². The van der Waals surface area contributed by atoms with Crippen LogP contribution in [0.4, 0.5) is 0 Å². The first-order valence-corrected chi connectivity index (χ1v) is 7.86. The fraction of sp³-hybridized carbons (Fsp3) is 0.875. The molecule has 2 aliphatic carbocycles. The molecule has 4 rings (SSSR count). The highest BCUT2D eigenvalue weighted by atomic mass is 15.2. The first kappa shape index (κ1) is 10.6. The molecular weight excluding hydrogens is 206 g/mol. The van der Waals surface area contributed by atoms with Crippen molar-refractivity contribution < 1.29 is 0 Å². The van der Waals surface area contributed by atoms with Crippen molar-refractivity contribution >= 4 is 0 Å². The van der Waals surface area contributed by atoms with Gasteiger partial charge in [0.1, 0.15) is 0 Å². The second kappa shape index (κ2) is 4.12. The van der Waals surface area contributed by atoms with Crippen molar-refractivity contribution in [3.05, 3.63) is 11.6 Å². The Morgan fingerprint density at radius 3 is 3.00 bits per heavy atom. The lowest BCUT2D eigenvalue weighted by atomic mass is 9.64. The van der Waals surface area contributed by atoms with Crippen LogP contribution in [0, 0.1) is 17.8 Å². The Morgan fingerprint density at radius 2 is 2.00 bits per heavy atom. The number of piperidine rings is 2. The summed E-state index contributed by atoms with van der Waals surface area (Å²) < 4.78 is 0. The molecule has 0 spiro atoms. The Labute approximate surface area is 105 Å². The smallest absolute Gasteiger partial charge is 0.0158 e. The molecule has 1 nitrogen and oxygen atoms in total. The monoisotopic (exact) mass is 231 g/mol. The number of fused-ring (bicyclic) bond motifs is 6. The van der Waals surface area contributed by atoms with Crippen molar-refractivity contribution in [2.24, 2.45) is 17.8 Å². The van der Waals surface area contributed by atoms with Crippen LogP contribution in [0.1, 0.15) is 51.4 Å². The van der Waals surface area contributed by atoms with Crippen molar-refractivity contribution in [2.45, 2.75) is 57.4 Å². The maximum atomic E-state index is 2.85.